The second kappa shape index (κ2) is 5.90. The van der Waals surface area contributed by atoms with Crippen LogP contribution in [0.1, 0.15) is 16.1 Å². The molecule has 0 bridgehead atoms. The number of benzene rings is 1. The van der Waals surface area contributed by atoms with Gasteiger partial charge in [0.25, 0.3) is 11.5 Å². The number of carbonyl (C=O) groups excluding carboxylic acids is 1. The van der Waals surface area contributed by atoms with Crippen LogP contribution in [0.3, 0.4) is 0 Å². The number of aromatic nitrogens is 3. The largest absolute Gasteiger partial charge is 0.296 e. The molecular formula is C15H12N4O2S. The van der Waals surface area contributed by atoms with Gasteiger partial charge in [0, 0.05) is 17.0 Å². The van der Waals surface area contributed by atoms with Gasteiger partial charge in [0.1, 0.15) is 5.69 Å². The Morgan fingerprint density at radius 2 is 1.95 bits per heavy atom. The van der Waals surface area contributed by atoms with Crippen molar-refractivity contribution in [3.63, 3.8) is 0 Å². The maximum atomic E-state index is 12.0. The zero-order valence-electron chi connectivity index (χ0n) is 11.7. The Hall–Kier alpha value is -2.80. The fourth-order valence-electron chi connectivity index (χ4n) is 1.82. The summed E-state index contributed by atoms with van der Waals surface area (Å²) in [4.78, 5) is 27.3. The molecule has 22 heavy (non-hydrogen) atoms. The summed E-state index contributed by atoms with van der Waals surface area (Å²) in [6.45, 7) is 2.02. The van der Waals surface area contributed by atoms with Gasteiger partial charge in [0.05, 0.1) is 5.69 Å². The molecule has 0 unspecified atom stereocenters. The molecule has 0 spiro atoms. The number of thiazole rings is 1. The van der Waals surface area contributed by atoms with Gasteiger partial charge in [-0.15, -0.1) is 11.3 Å². The van der Waals surface area contributed by atoms with E-state index < -0.39 is 5.91 Å². The minimum Gasteiger partial charge on any atom is -0.296 e. The normalized spacial score (nSPS) is 10.4. The van der Waals surface area contributed by atoms with Crippen LogP contribution in [0.5, 0.6) is 0 Å². The molecule has 0 radical (unpaired) electrons. The van der Waals surface area contributed by atoms with Crippen LogP contribution in [0, 0.1) is 6.92 Å². The highest BCUT2D eigenvalue weighted by Crippen LogP contribution is 2.25. The van der Waals surface area contributed by atoms with E-state index in [0.29, 0.717) is 5.13 Å². The van der Waals surface area contributed by atoms with Crippen molar-refractivity contribution in [2.45, 2.75) is 6.92 Å². The number of aromatic amines is 1. The van der Waals surface area contributed by atoms with E-state index in [1.54, 1.807) is 0 Å². The molecule has 110 valence electrons. The lowest BCUT2D eigenvalue weighted by Gasteiger charge is -2.00. The summed E-state index contributed by atoms with van der Waals surface area (Å²) < 4.78 is 0. The van der Waals surface area contributed by atoms with Crippen molar-refractivity contribution in [3.8, 4) is 11.3 Å². The SMILES string of the molecule is Cc1ccc(-c2csc(NC(=O)c3ccc(=O)[nH]n3)n2)cc1. The van der Waals surface area contributed by atoms with Gasteiger partial charge in [-0.25, -0.2) is 10.1 Å². The highest BCUT2D eigenvalue weighted by atomic mass is 32.1. The summed E-state index contributed by atoms with van der Waals surface area (Å²) in [5.41, 5.74) is 2.75. The molecule has 2 N–H and O–H groups in total. The molecule has 2 heterocycles. The lowest BCUT2D eigenvalue weighted by atomic mass is 10.1. The van der Waals surface area contributed by atoms with Gasteiger partial charge in [0.2, 0.25) is 0 Å². The number of nitrogens with zero attached hydrogens (tertiary/aromatic N) is 2. The smallest absolute Gasteiger partial charge is 0.277 e. The summed E-state index contributed by atoms with van der Waals surface area (Å²) in [6.07, 6.45) is 0. The first-order valence-electron chi connectivity index (χ1n) is 6.51. The van der Waals surface area contributed by atoms with Crippen molar-refractivity contribution >= 4 is 22.4 Å². The Balaban J connectivity index is 1.76. The first kappa shape index (κ1) is 14.2. The van der Waals surface area contributed by atoms with Crippen LogP contribution < -0.4 is 10.9 Å². The second-order valence-electron chi connectivity index (χ2n) is 4.66. The van der Waals surface area contributed by atoms with Crippen LogP contribution in [0.25, 0.3) is 11.3 Å². The minimum absolute atomic E-state index is 0.131. The van der Waals surface area contributed by atoms with Crippen LogP contribution in [0.4, 0.5) is 5.13 Å². The van der Waals surface area contributed by atoms with Crippen LogP contribution >= 0.6 is 11.3 Å². The Morgan fingerprint density at radius 1 is 1.18 bits per heavy atom. The van der Waals surface area contributed by atoms with Gasteiger partial charge in [0.15, 0.2) is 5.13 Å². The van der Waals surface area contributed by atoms with Gasteiger partial charge < -0.3 is 0 Å². The van der Waals surface area contributed by atoms with Crippen molar-refractivity contribution in [2.75, 3.05) is 5.32 Å². The third kappa shape index (κ3) is 3.09. The molecule has 7 heteroatoms. The van der Waals surface area contributed by atoms with Crippen molar-refractivity contribution in [1.82, 2.24) is 15.2 Å². The molecule has 0 aliphatic carbocycles. The van der Waals surface area contributed by atoms with E-state index in [0.717, 1.165) is 11.3 Å². The van der Waals surface area contributed by atoms with Crippen molar-refractivity contribution in [2.24, 2.45) is 0 Å². The first-order chi connectivity index (χ1) is 10.6. The van der Waals surface area contributed by atoms with E-state index in [9.17, 15) is 9.59 Å². The van der Waals surface area contributed by atoms with E-state index >= 15 is 0 Å². The van der Waals surface area contributed by atoms with Gasteiger partial charge in [-0.05, 0) is 13.0 Å². The maximum absolute atomic E-state index is 12.0. The van der Waals surface area contributed by atoms with Crippen molar-refractivity contribution < 1.29 is 4.79 Å². The molecule has 3 aromatic rings. The van der Waals surface area contributed by atoms with Gasteiger partial charge in [-0.2, -0.15) is 5.10 Å². The number of aryl methyl sites for hydroxylation is 1. The highest BCUT2D eigenvalue weighted by Gasteiger charge is 2.11. The lowest BCUT2D eigenvalue weighted by Crippen LogP contribution is -2.17. The number of H-pyrrole nitrogens is 1. The van der Waals surface area contributed by atoms with E-state index in [4.69, 9.17) is 0 Å². The predicted molar refractivity (Wildman–Crippen MR) is 85.1 cm³/mol. The van der Waals surface area contributed by atoms with E-state index in [1.165, 1.54) is 29.0 Å². The summed E-state index contributed by atoms with van der Waals surface area (Å²) >= 11 is 1.33. The Bertz CT molecular complexity index is 847. The molecular weight excluding hydrogens is 300 g/mol. The van der Waals surface area contributed by atoms with Crippen LogP contribution in [0.15, 0.2) is 46.6 Å². The minimum atomic E-state index is -0.416. The van der Waals surface area contributed by atoms with Gasteiger partial charge in [-0.1, -0.05) is 29.8 Å². The number of hydrogen-bond donors (Lipinski definition) is 2. The molecule has 1 aromatic carbocycles. The molecule has 6 nitrogen and oxygen atoms in total. The Kier molecular flexibility index (Phi) is 3.80. The first-order valence-corrected chi connectivity index (χ1v) is 7.39. The average Bonchev–Trinajstić information content (AvgIpc) is 2.97. The topological polar surface area (TPSA) is 87.7 Å². The molecule has 0 aliphatic rings. The summed E-state index contributed by atoms with van der Waals surface area (Å²) in [7, 11) is 0. The second-order valence-corrected chi connectivity index (χ2v) is 5.52. The molecule has 0 fully saturated rings. The quantitative estimate of drug-likeness (QED) is 0.777. The molecule has 0 aliphatic heterocycles. The molecule has 1 amide bonds. The predicted octanol–water partition coefficient (Wildman–Crippen LogP) is 2.45. The van der Waals surface area contributed by atoms with Crippen molar-refractivity contribution in [3.05, 3.63) is 63.4 Å². The summed E-state index contributed by atoms with van der Waals surface area (Å²) in [6, 6.07) is 10.6. The van der Waals surface area contributed by atoms with E-state index in [1.807, 2.05) is 36.6 Å². The third-order valence-electron chi connectivity index (χ3n) is 2.98. The molecule has 0 atom stereocenters. The van der Waals surface area contributed by atoms with E-state index in [2.05, 4.69) is 20.5 Å². The fourth-order valence-corrected chi connectivity index (χ4v) is 2.53. The lowest BCUT2D eigenvalue weighted by molar-refractivity contribution is 0.102. The fraction of sp³-hybridized carbons (Fsp3) is 0.0667. The third-order valence-corrected chi connectivity index (χ3v) is 3.74. The number of hydrogen-bond acceptors (Lipinski definition) is 5. The van der Waals surface area contributed by atoms with Crippen LogP contribution in [-0.2, 0) is 0 Å². The average molecular weight is 312 g/mol. The Labute approximate surface area is 129 Å². The van der Waals surface area contributed by atoms with E-state index in [-0.39, 0.29) is 11.3 Å². The van der Waals surface area contributed by atoms with Gasteiger partial charge >= 0.3 is 0 Å². The zero-order chi connectivity index (χ0) is 15.5. The summed E-state index contributed by atoms with van der Waals surface area (Å²) in [5, 5.41) is 10.9. The standard InChI is InChI=1S/C15H12N4O2S/c1-9-2-4-10(5-3-9)12-8-22-15(16-12)17-14(21)11-6-7-13(20)19-18-11/h2-8H,1H3,(H,19,20)(H,16,17,21). The number of anilines is 1. The molecule has 0 saturated carbocycles. The number of amides is 1. The maximum Gasteiger partial charge on any atom is 0.277 e. The van der Waals surface area contributed by atoms with Crippen LogP contribution in [-0.4, -0.2) is 21.1 Å². The number of carbonyl (C=O) groups is 1. The van der Waals surface area contributed by atoms with Crippen molar-refractivity contribution in [1.29, 1.82) is 0 Å². The zero-order valence-corrected chi connectivity index (χ0v) is 12.5. The molecule has 3 rings (SSSR count). The monoisotopic (exact) mass is 312 g/mol. The number of nitrogens with one attached hydrogen (secondary N) is 2. The highest BCUT2D eigenvalue weighted by molar-refractivity contribution is 7.14. The van der Waals surface area contributed by atoms with Crippen LogP contribution in [0.2, 0.25) is 0 Å². The van der Waals surface area contributed by atoms with Gasteiger partial charge in [-0.3, -0.25) is 14.9 Å². The molecule has 0 saturated heterocycles. The Morgan fingerprint density at radius 3 is 2.64 bits per heavy atom. The number of rotatable bonds is 3. The molecule has 2 aromatic heterocycles. The summed E-state index contributed by atoms with van der Waals surface area (Å²) in [5.74, 6) is -0.416.